The SMILES string of the molecule is CCCCN(C)S(=O)(=O)c1cccc(OC)c1. The lowest BCUT2D eigenvalue weighted by Gasteiger charge is -2.17. The Kier molecular flexibility index (Phi) is 4.96. The molecule has 0 unspecified atom stereocenters. The highest BCUT2D eigenvalue weighted by Gasteiger charge is 2.20. The molecule has 17 heavy (non-hydrogen) atoms. The van der Waals surface area contributed by atoms with Crippen molar-refractivity contribution in [3.05, 3.63) is 24.3 Å². The van der Waals surface area contributed by atoms with Crippen LogP contribution in [0.3, 0.4) is 0 Å². The molecule has 5 heteroatoms. The predicted octanol–water partition coefficient (Wildman–Crippen LogP) is 2.12. The van der Waals surface area contributed by atoms with Crippen molar-refractivity contribution < 1.29 is 13.2 Å². The minimum absolute atomic E-state index is 0.274. The van der Waals surface area contributed by atoms with E-state index in [0.717, 1.165) is 12.8 Å². The molecule has 0 heterocycles. The molecule has 0 fully saturated rings. The molecule has 0 atom stereocenters. The van der Waals surface area contributed by atoms with Crippen molar-refractivity contribution in [3.63, 3.8) is 0 Å². The van der Waals surface area contributed by atoms with Crippen molar-refractivity contribution in [2.45, 2.75) is 24.7 Å². The Morgan fingerprint density at radius 2 is 2.06 bits per heavy atom. The quantitative estimate of drug-likeness (QED) is 0.784. The predicted molar refractivity (Wildman–Crippen MR) is 67.7 cm³/mol. The van der Waals surface area contributed by atoms with Crippen molar-refractivity contribution in [2.75, 3.05) is 20.7 Å². The summed E-state index contributed by atoms with van der Waals surface area (Å²) in [6.07, 6.45) is 1.83. The minimum atomic E-state index is -3.39. The number of rotatable bonds is 6. The standard InChI is InChI=1S/C12H19NO3S/c1-4-5-9-13(2)17(14,15)12-8-6-7-11(10-12)16-3/h6-8,10H,4-5,9H2,1-3H3. The first-order chi connectivity index (χ1) is 8.02. The van der Waals surface area contributed by atoms with Crippen molar-refractivity contribution in [2.24, 2.45) is 0 Å². The van der Waals surface area contributed by atoms with Gasteiger partial charge < -0.3 is 4.74 Å². The number of hydrogen-bond donors (Lipinski definition) is 0. The summed E-state index contributed by atoms with van der Waals surface area (Å²) in [6.45, 7) is 2.57. The van der Waals surface area contributed by atoms with Crippen molar-refractivity contribution in [1.82, 2.24) is 4.31 Å². The van der Waals surface area contributed by atoms with E-state index in [1.54, 1.807) is 25.2 Å². The highest BCUT2D eigenvalue weighted by Crippen LogP contribution is 2.20. The number of unbranched alkanes of at least 4 members (excludes halogenated alkanes) is 1. The number of ether oxygens (including phenoxy) is 1. The molecule has 1 aromatic rings. The largest absolute Gasteiger partial charge is 0.497 e. The molecule has 4 nitrogen and oxygen atoms in total. The fourth-order valence-electron chi connectivity index (χ4n) is 1.44. The fourth-order valence-corrected chi connectivity index (χ4v) is 2.69. The smallest absolute Gasteiger partial charge is 0.242 e. The third kappa shape index (κ3) is 3.44. The maximum Gasteiger partial charge on any atom is 0.242 e. The Morgan fingerprint density at radius 3 is 2.65 bits per heavy atom. The zero-order valence-corrected chi connectivity index (χ0v) is 11.3. The molecule has 0 aliphatic heterocycles. The third-order valence-corrected chi connectivity index (χ3v) is 4.43. The van der Waals surface area contributed by atoms with Gasteiger partial charge in [-0.1, -0.05) is 19.4 Å². The Hall–Kier alpha value is -1.07. The number of sulfonamides is 1. The second-order valence-electron chi connectivity index (χ2n) is 3.86. The molecular formula is C12H19NO3S. The van der Waals surface area contributed by atoms with Gasteiger partial charge in [-0.15, -0.1) is 0 Å². The van der Waals surface area contributed by atoms with E-state index in [0.29, 0.717) is 12.3 Å². The molecule has 1 rings (SSSR count). The first kappa shape index (κ1) is 14.0. The van der Waals surface area contributed by atoms with Crippen LogP contribution in [0.15, 0.2) is 29.2 Å². The zero-order chi connectivity index (χ0) is 12.9. The van der Waals surface area contributed by atoms with Crippen LogP contribution < -0.4 is 4.74 Å². The monoisotopic (exact) mass is 257 g/mol. The molecule has 1 aromatic carbocycles. The molecule has 0 aromatic heterocycles. The molecule has 0 aliphatic rings. The molecule has 0 saturated heterocycles. The van der Waals surface area contributed by atoms with Gasteiger partial charge in [-0.05, 0) is 18.6 Å². The Morgan fingerprint density at radius 1 is 1.35 bits per heavy atom. The van der Waals surface area contributed by atoms with Crippen molar-refractivity contribution in [3.8, 4) is 5.75 Å². The second kappa shape index (κ2) is 6.02. The summed E-state index contributed by atoms with van der Waals surface area (Å²) in [7, 11) is -0.268. The summed E-state index contributed by atoms with van der Waals surface area (Å²) >= 11 is 0. The number of methoxy groups -OCH3 is 1. The van der Waals surface area contributed by atoms with Crippen molar-refractivity contribution >= 4 is 10.0 Å². The van der Waals surface area contributed by atoms with Gasteiger partial charge in [0.25, 0.3) is 0 Å². The van der Waals surface area contributed by atoms with Crippen molar-refractivity contribution in [1.29, 1.82) is 0 Å². The van der Waals surface area contributed by atoms with Gasteiger partial charge in [0.15, 0.2) is 0 Å². The lowest BCUT2D eigenvalue weighted by molar-refractivity contribution is 0.412. The average molecular weight is 257 g/mol. The lowest BCUT2D eigenvalue weighted by atomic mass is 10.3. The Labute approximate surface area is 103 Å². The molecule has 0 saturated carbocycles. The normalized spacial score (nSPS) is 11.8. The third-order valence-electron chi connectivity index (χ3n) is 2.58. The van der Waals surface area contributed by atoms with Gasteiger partial charge in [0, 0.05) is 19.7 Å². The van der Waals surface area contributed by atoms with E-state index in [-0.39, 0.29) is 4.90 Å². The van der Waals surface area contributed by atoms with Crippen LogP contribution in [0.4, 0.5) is 0 Å². The van der Waals surface area contributed by atoms with Gasteiger partial charge in [0.1, 0.15) is 5.75 Å². The summed E-state index contributed by atoms with van der Waals surface area (Å²) in [5, 5.41) is 0. The molecule has 0 radical (unpaired) electrons. The van der Waals surface area contributed by atoms with E-state index in [4.69, 9.17) is 4.74 Å². The lowest BCUT2D eigenvalue weighted by Crippen LogP contribution is -2.27. The summed E-state index contributed by atoms with van der Waals surface area (Å²) < 4.78 is 30.8. The summed E-state index contributed by atoms with van der Waals surface area (Å²) in [5.41, 5.74) is 0. The topological polar surface area (TPSA) is 46.6 Å². The van der Waals surface area contributed by atoms with Crippen LogP contribution in [0.1, 0.15) is 19.8 Å². The minimum Gasteiger partial charge on any atom is -0.497 e. The van der Waals surface area contributed by atoms with Gasteiger partial charge in [0.2, 0.25) is 10.0 Å². The van der Waals surface area contributed by atoms with E-state index >= 15 is 0 Å². The van der Waals surface area contributed by atoms with Gasteiger partial charge in [-0.2, -0.15) is 0 Å². The summed E-state index contributed by atoms with van der Waals surface area (Å²) in [4.78, 5) is 0.274. The van der Waals surface area contributed by atoms with Crippen LogP contribution in [0.25, 0.3) is 0 Å². The number of hydrogen-bond acceptors (Lipinski definition) is 3. The van der Waals surface area contributed by atoms with Crippen LogP contribution in [0, 0.1) is 0 Å². The van der Waals surface area contributed by atoms with Crippen LogP contribution in [-0.2, 0) is 10.0 Å². The molecular weight excluding hydrogens is 238 g/mol. The van der Waals surface area contributed by atoms with E-state index in [1.807, 2.05) is 6.92 Å². The van der Waals surface area contributed by atoms with Crippen LogP contribution in [0.5, 0.6) is 5.75 Å². The van der Waals surface area contributed by atoms with E-state index in [1.165, 1.54) is 17.5 Å². The van der Waals surface area contributed by atoms with E-state index < -0.39 is 10.0 Å². The van der Waals surface area contributed by atoms with Gasteiger partial charge >= 0.3 is 0 Å². The Balaban J connectivity index is 2.95. The number of nitrogens with zero attached hydrogens (tertiary/aromatic N) is 1. The van der Waals surface area contributed by atoms with Crippen LogP contribution in [0.2, 0.25) is 0 Å². The van der Waals surface area contributed by atoms with Crippen LogP contribution >= 0.6 is 0 Å². The van der Waals surface area contributed by atoms with Gasteiger partial charge in [-0.25, -0.2) is 12.7 Å². The number of benzene rings is 1. The van der Waals surface area contributed by atoms with Gasteiger partial charge in [0.05, 0.1) is 12.0 Å². The first-order valence-electron chi connectivity index (χ1n) is 5.62. The zero-order valence-electron chi connectivity index (χ0n) is 10.5. The van der Waals surface area contributed by atoms with E-state index in [2.05, 4.69) is 0 Å². The highest BCUT2D eigenvalue weighted by molar-refractivity contribution is 7.89. The molecule has 0 spiro atoms. The maximum absolute atomic E-state index is 12.2. The van der Waals surface area contributed by atoms with Gasteiger partial charge in [-0.3, -0.25) is 0 Å². The Bertz CT molecular complexity index is 457. The summed E-state index contributed by atoms with van der Waals surface area (Å²) in [5.74, 6) is 0.551. The second-order valence-corrected chi connectivity index (χ2v) is 5.90. The van der Waals surface area contributed by atoms with E-state index in [9.17, 15) is 8.42 Å². The van der Waals surface area contributed by atoms with Crippen LogP contribution in [-0.4, -0.2) is 33.4 Å². The first-order valence-corrected chi connectivity index (χ1v) is 7.06. The molecule has 0 N–H and O–H groups in total. The molecule has 96 valence electrons. The average Bonchev–Trinajstić information content (AvgIpc) is 2.35. The fraction of sp³-hybridized carbons (Fsp3) is 0.500. The molecule has 0 aliphatic carbocycles. The molecule has 0 bridgehead atoms. The molecule has 0 amide bonds. The maximum atomic E-state index is 12.2. The highest BCUT2D eigenvalue weighted by atomic mass is 32.2. The summed E-state index contributed by atoms with van der Waals surface area (Å²) in [6, 6.07) is 6.53.